The van der Waals surface area contributed by atoms with Gasteiger partial charge in [0.25, 0.3) is 5.91 Å². The molecule has 110 valence electrons. The van der Waals surface area contributed by atoms with Gasteiger partial charge >= 0.3 is 11.9 Å². The quantitative estimate of drug-likeness (QED) is 0.633. The second-order valence-electron chi connectivity index (χ2n) is 3.83. The number of nitrogens with zero attached hydrogens (tertiary/aromatic N) is 2. The monoisotopic (exact) mass is 310 g/mol. The highest BCUT2D eigenvalue weighted by molar-refractivity contribution is 6.33. The Morgan fingerprint density at radius 3 is 2.50 bits per heavy atom. The van der Waals surface area contributed by atoms with E-state index in [0.29, 0.717) is 4.90 Å². The molecule has 0 aliphatic carbocycles. The number of hydrogen-bond donors (Lipinski definition) is 0. The maximum Gasteiger partial charge on any atom is 0.406 e. The molecule has 0 aliphatic rings. The van der Waals surface area contributed by atoms with E-state index >= 15 is 0 Å². The van der Waals surface area contributed by atoms with Gasteiger partial charge in [-0.1, -0.05) is 17.7 Å². The number of carbonyl (C=O) groups is 1. The van der Waals surface area contributed by atoms with Crippen LogP contribution in [0.3, 0.4) is 0 Å². The molecule has 0 spiro atoms. The van der Waals surface area contributed by atoms with E-state index in [2.05, 4.69) is 0 Å². The molecule has 9 heteroatoms. The molecule has 5 nitrogen and oxygen atoms in total. The molecule has 1 aromatic rings. The fourth-order valence-corrected chi connectivity index (χ4v) is 1.83. The number of hydrogen-bond acceptors (Lipinski definition) is 3. The van der Waals surface area contributed by atoms with Crippen LogP contribution in [0.2, 0.25) is 5.02 Å². The standard InChI is InChI=1S/C11H10ClF3N2O3/c1-2-16(6-11(13,14)15)10(18)7-4-3-5-8(12)9(7)17(19)20/h3-5H,2,6H2,1H3. The van der Waals surface area contributed by atoms with Crippen molar-refractivity contribution in [3.05, 3.63) is 38.9 Å². The molecule has 0 bridgehead atoms. The van der Waals surface area contributed by atoms with Crippen LogP contribution >= 0.6 is 11.6 Å². The number of alkyl halides is 3. The number of amides is 1. The summed E-state index contributed by atoms with van der Waals surface area (Å²) >= 11 is 5.61. The van der Waals surface area contributed by atoms with Crippen molar-refractivity contribution in [1.29, 1.82) is 0 Å². The van der Waals surface area contributed by atoms with Crippen LogP contribution in [-0.2, 0) is 0 Å². The Bertz CT molecular complexity index is 534. The molecule has 0 fully saturated rings. The molecule has 1 amide bonds. The normalized spacial score (nSPS) is 11.2. The van der Waals surface area contributed by atoms with Gasteiger partial charge in [0.05, 0.1) is 4.92 Å². The summed E-state index contributed by atoms with van der Waals surface area (Å²) in [5.41, 5.74) is -1.16. The van der Waals surface area contributed by atoms with Crippen molar-refractivity contribution in [1.82, 2.24) is 4.90 Å². The molecule has 0 atom stereocenters. The first-order chi connectivity index (χ1) is 9.17. The summed E-state index contributed by atoms with van der Waals surface area (Å²) < 4.78 is 37.1. The molecular formula is C11H10ClF3N2O3. The van der Waals surface area contributed by atoms with E-state index in [4.69, 9.17) is 11.6 Å². The molecule has 0 heterocycles. The molecule has 0 aliphatic heterocycles. The van der Waals surface area contributed by atoms with Gasteiger partial charge in [-0.15, -0.1) is 0 Å². The first kappa shape index (κ1) is 16.2. The smallest absolute Gasteiger partial charge is 0.330 e. The zero-order chi connectivity index (χ0) is 15.5. The first-order valence-electron chi connectivity index (χ1n) is 5.46. The fraction of sp³-hybridized carbons (Fsp3) is 0.364. The summed E-state index contributed by atoms with van der Waals surface area (Å²) in [6.45, 7) is -0.367. The summed E-state index contributed by atoms with van der Waals surface area (Å²) in [5.74, 6) is -1.08. The van der Waals surface area contributed by atoms with Crippen molar-refractivity contribution < 1.29 is 22.9 Å². The van der Waals surface area contributed by atoms with Gasteiger partial charge in [-0.25, -0.2) is 0 Å². The molecular weight excluding hydrogens is 301 g/mol. The third-order valence-corrected chi connectivity index (χ3v) is 2.74. The predicted octanol–water partition coefficient (Wildman–Crippen LogP) is 3.27. The summed E-state index contributed by atoms with van der Waals surface area (Å²) in [6.07, 6.45) is -4.58. The minimum Gasteiger partial charge on any atom is -0.330 e. The molecule has 0 radical (unpaired) electrons. The lowest BCUT2D eigenvalue weighted by atomic mass is 10.1. The van der Waals surface area contributed by atoms with E-state index in [-0.39, 0.29) is 11.6 Å². The molecule has 0 N–H and O–H groups in total. The van der Waals surface area contributed by atoms with E-state index in [1.54, 1.807) is 0 Å². The van der Waals surface area contributed by atoms with Gasteiger partial charge in [0.2, 0.25) is 0 Å². The number of halogens is 4. The van der Waals surface area contributed by atoms with E-state index in [9.17, 15) is 28.1 Å². The van der Waals surface area contributed by atoms with Crippen molar-refractivity contribution in [2.24, 2.45) is 0 Å². The number of nitro benzene ring substituents is 1. The van der Waals surface area contributed by atoms with E-state index in [1.165, 1.54) is 19.1 Å². The first-order valence-corrected chi connectivity index (χ1v) is 5.84. The minimum absolute atomic E-state index is 0.234. The molecule has 0 saturated carbocycles. The molecule has 20 heavy (non-hydrogen) atoms. The number of para-hydroxylation sites is 1. The van der Waals surface area contributed by atoms with Crippen molar-refractivity contribution in [2.45, 2.75) is 13.1 Å². The van der Waals surface area contributed by atoms with Gasteiger partial charge in [0, 0.05) is 6.54 Å². The Labute approximate surface area is 117 Å². The summed E-state index contributed by atoms with van der Waals surface area (Å²) in [4.78, 5) is 22.4. The Morgan fingerprint density at radius 1 is 1.45 bits per heavy atom. The summed E-state index contributed by atoms with van der Waals surface area (Å²) in [6, 6.07) is 3.53. The highest BCUT2D eigenvalue weighted by Crippen LogP contribution is 2.29. The van der Waals surface area contributed by atoms with Crippen LogP contribution in [0, 0.1) is 10.1 Å². The van der Waals surface area contributed by atoms with Crippen LogP contribution in [0.25, 0.3) is 0 Å². The van der Waals surface area contributed by atoms with Crippen LogP contribution in [0.5, 0.6) is 0 Å². The van der Waals surface area contributed by atoms with Gasteiger partial charge in [-0.3, -0.25) is 14.9 Å². The number of benzene rings is 1. The zero-order valence-corrected chi connectivity index (χ0v) is 11.0. The third kappa shape index (κ3) is 3.83. The van der Waals surface area contributed by atoms with Crippen LogP contribution in [0.15, 0.2) is 18.2 Å². The average molecular weight is 311 g/mol. The molecule has 1 rings (SSSR count). The Balaban J connectivity index is 3.20. The topological polar surface area (TPSA) is 63.5 Å². The molecule has 0 aromatic heterocycles. The lowest BCUT2D eigenvalue weighted by Gasteiger charge is -2.22. The van der Waals surface area contributed by atoms with Gasteiger partial charge in [-0.05, 0) is 19.1 Å². The minimum atomic E-state index is -4.58. The second-order valence-corrected chi connectivity index (χ2v) is 4.23. The Morgan fingerprint density at radius 2 is 2.05 bits per heavy atom. The SMILES string of the molecule is CCN(CC(F)(F)F)C(=O)c1cccc(Cl)c1[N+](=O)[O-]. The molecule has 1 aromatic carbocycles. The number of rotatable bonds is 4. The molecule has 0 unspecified atom stereocenters. The largest absolute Gasteiger partial charge is 0.406 e. The second kappa shape index (κ2) is 6.08. The van der Waals surface area contributed by atoms with Gasteiger partial charge in [-0.2, -0.15) is 13.2 Å². The lowest BCUT2D eigenvalue weighted by Crippen LogP contribution is -2.39. The van der Waals surface area contributed by atoms with Crippen LogP contribution in [-0.4, -0.2) is 35.0 Å². The summed E-state index contributed by atoms with van der Waals surface area (Å²) in [5, 5.41) is 10.6. The average Bonchev–Trinajstić information content (AvgIpc) is 2.33. The van der Waals surface area contributed by atoms with Gasteiger partial charge in [0.1, 0.15) is 17.1 Å². The Kier molecular flexibility index (Phi) is 4.93. The molecule has 0 saturated heterocycles. The maximum atomic E-state index is 12.4. The number of nitro groups is 1. The van der Waals surface area contributed by atoms with Crippen LogP contribution in [0.4, 0.5) is 18.9 Å². The van der Waals surface area contributed by atoms with E-state index in [1.807, 2.05) is 0 Å². The van der Waals surface area contributed by atoms with E-state index < -0.39 is 34.8 Å². The lowest BCUT2D eigenvalue weighted by molar-refractivity contribution is -0.385. The van der Waals surface area contributed by atoms with Crippen LogP contribution < -0.4 is 0 Å². The van der Waals surface area contributed by atoms with Crippen molar-refractivity contribution in [3.63, 3.8) is 0 Å². The van der Waals surface area contributed by atoms with E-state index in [0.717, 1.165) is 6.07 Å². The van der Waals surface area contributed by atoms with Crippen LogP contribution in [0.1, 0.15) is 17.3 Å². The van der Waals surface area contributed by atoms with Gasteiger partial charge in [0.15, 0.2) is 0 Å². The number of carbonyl (C=O) groups excluding carboxylic acids is 1. The highest BCUT2D eigenvalue weighted by Gasteiger charge is 2.35. The fourth-order valence-electron chi connectivity index (χ4n) is 1.59. The maximum absolute atomic E-state index is 12.4. The Hall–Kier alpha value is -1.83. The summed E-state index contributed by atoms with van der Waals surface area (Å²) in [7, 11) is 0. The van der Waals surface area contributed by atoms with Crippen molar-refractivity contribution >= 4 is 23.2 Å². The zero-order valence-electron chi connectivity index (χ0n) is 10.3. The third-order valence-electron chi connectivity index (χ3n) is 2.44. The van der Waals surface area contributed by atoms with Crippen molar-refractivity contribution in [2.75, 3.05) is 13.1 Å². The van der Waals surface area contributed by atoms with Gasteiger partial charge < -0.3 is 4.90 Å². The predicted molar refractivity (Wildman–Crippen MR) is 65.7 cm³/mol. The highest BCUT2D eigenvalue weighted by atomic mass is 35.5. The van der Waals surface area contributed by atoms with Crippen molar-refractivity contribution in [3.8, 4) is 0 Å².